The van der Waals surface area contributed by atoms with Crippen molar-refractivity contribution in [1.82, 2.24) is 0 Å². The number of rotatable bonds is 0. The van der Waals surface area contributed by atoms with E-state index in [1.54, 1.807) is 6.92 Å². The number of carbonyl (C=O) groups is 1. The maximum Gasteiger partial charge on any atom is 0.336 e. The van der Waals surface area contributed by atoms with Gasteiger partial charge in [-0.05, 0) is 24.3 Å². The van der Waals surface area contributed by atoms with Crippen LogP contribution < -0.4 is 0 Å². The Morgan fingerprint density at radius 3 is 2.60 bits per heavy atom. The Morgan fingerprint density at radius 2 is 1.95 bits per heavy atom. The molecular formula is C15H20O5. The van der Waals surface area contributed by atoms with E-state index in [1.807, 2.05) is 19.9 Å². The summed E-state index contributed by atoms with van der Waals surface area (Å²) >= 11 is 0. The quantitative estimate of drug-likeness (QED) is 0.448. The molecule has 0 bridgehead atoms. The number of fused-ring (bicyclic) bond motifs is 1. The molecule has 0 aromatic heterocycles. The van der Waals surface area contributed by atoms with Crippen LogP contribution in [0.25, 0.3) is 0 Å². The van der Waals surface area contributed by atoms with Crippen LogP contribution in [-0.4, -0.2) is 39.3 Å². The number of aliphatic hydroxyl groups excluding tert-OH is 2. The molecule has 1 heterocycles. The molecule has 3 aliphatic rings. The van der Waals surface area contributed by atoms with Gasteiger partial charge in [0.1, 0.15) is 0 Å². The monoisotopic (exact) mass is 280 g/mol. The van der Waals surface area contributed by atoms with Gasteiger partial charge in [0, 0.05) is 23.5 Å². The van der Waals surface area contributed by atoms with Crippen LogP contribution in [0.3, 0.4) is 0 Å². The molecule has 0 saturated heterocycles. The van der Waals surface area contributed by atoms with E-state index in [0.29, 0.717) is 6.42 Å². The van der Waals surface area contributed by atoms with Crippen molar-refractivity contribution in [3.63, 3.8) is 0 Å². The van der Waals surface area contributed by atoms with Crippen LogP contribution in [-0.2, 0) is 9.53 Å². The first-order chi connectivity index (χ1) is 9.12. The lowest BCUT2D eigenvalue weighted by Crippen LogP contribution is -2.34. The number of esters is 1. The highest BCUT2D eigenvalue weighted by Crippen LogP contribution is 2.51. The smallest absolute Gasteiger partial charge is 0.336 e. The molecule has 1 aliphatic heterocycles. The largest absolute Gasteiger partial charge is 0.428 e. The van der Waals surface area contributed by atoms with Crippen LogP contribution in [0.1, 0.15) is 33.6 Å². The fourth-order valence-corrected chi connectivity index (χ4v) is 3.77. The van der Waals surface area contributed by atoms with Crippen molar-refractivity contribution in [1.29, 1.82) is 0 Å². The predicted octanol–water partition coefficient (Wildman–Crippen LogP) is 0.646. The first kappa shape index (κ1) is 13.8. The Hall–Kier alpha value is -1.17. The van der Waals surface area contributed by atoms with Crippen molar-refractivity contribution in [2.45, 2.75) is 51.6 Å². The highest BCUT2D eigenvalue weighted by molar-refractivity contribution is 5.93. The van der Waals surface area contributed by atoms with Gasteiger partial charge in [-0.3, -0.25) is 0 Å². The van der Waals surface area contributed by atoms with Crippen LogP contribution in [0.15, 0.2) is 22.8 Å². The van der Waals surface area contributed by atoms with Crippen LogP contribution in [0.2, 0.25) is 0 Å². The molecule has 0 aromatic carbocycles. The molecule has 5 heteroatoms. The Balaban J connectivity index is 2.12. The molecule has 3 N–H and O–H groups in total. The van der Waals surface area contributed by atoms with Gasteiger partial charge < -0.3 is 20.1 Å². The molecule has 0 radical (unpaired) electrons. The Morgan fingerprint density at radius 1 is 1.30 bits per heavy atom. The van der Waals surface area contributed by atoms with E-state index in [-0.39, 0.29) is 28.9 Å². The number of ether oxygens (including phenoxy) is 1. The zero-order chi connectivity index (χ0) is 14.9. The zero-order valence-electron chi connectivity index (χ0n) is 11.9. The molecule has 0 spiro atoms. The summed E-state index contributed by atoms with van der Waals surface area (Å²) in [5, 5.41) is 31.2. The van der Waals surface area contributed by atoms with E-state index in [9.17, 15) is 20.1 Å². The summed E-state index contributed by atoms with van der Waals surface area (Å²) in [7, 11) is 0. The van der Waals surface area contributed by atoms with Crippen LogP contribution >= 0.6 is 0 Å². The summed E-state index contributed by atoms with van der Waals surface area (Å²) in [6.07, 6.45) is 0.325. The first-order valence-corrected chi connectivity index (χ1v) is 6.88. The topological polar surface area (TPSA) is 87.0 Å². The molecule has 4 atom stereocenters. The minimum absolute atomic E-state index is 0.0632. The number of allylic oxidation sites excluding steroid dienone is 1. The molecule has 3 rings (SSSR count). The van der Waals surface area contributed by atoms with Gasteiger partial charge in [-0.15, -0.1) is 0 Å². The number of carbonyl (C=O) groups excluding carboxylic acids is 1. The number of hydrogen-bond acceptors (Lipinski definition) is 5. The molecule has 0 fully saturated rings. The van der Waals surface area contributed by atoms with Crippen molar-refractivity contribution in [2.24, 2.45) is 11.3 Å². The summed E-state index contributed by atoms with van der Waals surface area (Å²) in [5.74, 6) is -0.941. The van der Waals surface area contributed by atoms with Gasteiger partial charge in [0.15, 0.2) is 0 Å². The second-order valence-corrected chi connectivity index (χ2v) is 6.99. The van der Waals surface area contributed by atoms with Gasteiger partial charge in [0.05, 0.1) is 11.7 Å². The lowest BCUT2D eigenvalue weighted by molar-refractivity contribution is -0.153. The second kappa shape index (κ2) is 3.93. The third-order valence-corrected chi connectivity index (χ3v) is 4.61. The molecule has 0 aromatic rings. The van der Waals surface area contributed by atoms with Gasteiger partial charge in [0.25, 0.3) is 0 Å². The zero-order valence-corrected chi connectivity index (χ0v) is 11.9. The fraction of sp³-hybridized carbons (Fsp3) is 0.667. The van der Waals surface area contributed by atoms with Gasteiger partial charge in [-0.2, -0.15) is 0 Å². The summed E-state index contributed by atoms with van der Waals surface area (Å²) in [5.41, 5.74) is -0.147. The highest BCUT2D eigenvalue weighted by Gasteiger charge is 2.52. The van der Waals surface area contributed by atoms with Gasteiger partial charge in [0.2, 0.25) is 6.29 Å². The SMILES string of the molecule is CC1(C)C=C2[C@@H](C1)[C@H](O)C1=C(C[C@]2(C)O)C(=O)OC1O. The van der Waals surface area contributed by atoms with E-state index in [4.69, 9.17) is 4.74 Å². The fourth-order valence-electron chi connectivity index (χ4n) is 3.77. The van der Waals surface area contributed by atoms with Crippen molar-refractivity contribution in [2.75, 3.05) is 0 Å². The standard InChI is InChI=1S/C15H20O5/c1-14(2)4-7-9(6-14)15(3,19)5-8-10(11(7)16)13(18)20-12(8)17/h6-7,11,13,16,18-19H,4-5H2,1-3H3/t7-,11+,13?,15+/m1/s1. The van der Waals surface area contributed by atoms with E-state index in [0.717, 1.165) is 5.57 Å². The molecule has 20 heavy (non-hydrogen) atoms. The predicted molar refractivity (Wildman–Crippen MR) is 70.3 cm³/mol. The number of cyclic esters (lactones) is 1. The molecule has 110 valence electrons. The van der Waals surface area contributed by atoms with Crippen LogP contribution in [0.4, 0.5) is 0 Å². The Kier molecular flexibility index (Phi) is 2.71. The number of hydrogen-bond donors (Lipinski definition) is 3. The maximum atomic E-state index is 11.8. The average Bonchev–Trinajstić information content (AvgIpc) is 2.74. The summed E-state index contributed by atoms with van der Waals surface area (Å²) < 4.78 is 4.78. The van der Waals surface area contributed by atoms with Gasteiger partial charge in [-0.1, -0.05) is 19.9 Å². The lowest BCUT2D eigenvalue weighted by atomic mass is 9.82. The third kappa shape index (κ3) is 1.84. The van der Waals surface area contributed by atoms with E-state index in [2.05, 4.69) is 0 Å². The maximum absolute atomic E-state index is 11.8. The van der Waals surface area contributed by atoms with Crippen LogP contribution in [0.5, 0.6) is 0 Å². The van der Waals surface area contributed by atoms with E-state index in [1.165, 1.54) is 0 Å². The highest BCUT2D eigenvalue weighted by atomic mass is 16.6. The lowest BCUT2D eigenvalue weighted by Gasteiger charge is -2.29. The Labute approximate surface area is 117 Å². The molecule has 5 nitrogen and oxygen atoms in total. The average molecular weight is 280 g/mol. The molecule has 0 saturated carbocycles. The van der Waals surface area contributed by atoms with E-state index < -0.39 is 24.0 Å². The van der Waals surface area contributed by atoms with Crippen molar-refractivity contribution >= 4 is 5.97 Å². The van der Waals surface area contributed by atoms with E-state index >= 15 is 0 Å². The summed E-state index contributed by atoms with van der Waals surface area (Å²) in [4.78, 5) is 11.8. The van der Waals surface area contributed by atoms with Gasteiger partial charge >= 0.3 is 5.97 Å². The second-order valence-electron chi connectivity index (χ2n) is 6.99. The molecule has 1 unspecified atom stereocenters. The van der Waals surface area contributed by atoms with Crippen molar-refractivity contribution in [3.8, 4) is 0 Å². The Bertz CT molecular complexity index is 540. The normalized spacial score (nSPS) is 42.8. The minimum atomic E-state index is -1.40. The third-order valence-electron chi connectivity index (χ3n) is 4.61. The summed E-state index contributed by atoms with van der Waals surface area (Å²) in [6.45, 7) is 5.73. The van der Waals surface area contributed by atoms with Crippen molar-refractivity contribution < 1.29 is 24.9 Å². The molecule has 2 aliphatic carbocycles. The van der Waals surface area contributed by atoms with Crippen LogP contribution in [0, 0.1) is 11.3 Å². The number of aliphatic hydroxyl groups is 3. The van der Waals surface area contributed by atoms with Gasteiger partial charge in [-0.25, -0.2) is 4.79 Å². The van der Waals surface area contributed by atoms with Crippen molar-refractivity contribution in [3.05, 3.63) is 22.8 Å². The first-order valence-electron chi connectivity index (χ1n) is 6.88. The molecular weight excluding hydrogens is 260 g/mol. The minimum Gasteiger partial charge on any atom is -0.428 e. The molecule has 0 amide bonds. The summed E-state index contributed by atoms with van der Waals surface area (Å²) in [6, 6.07) is 0.